The summed E-state index contributed by atoms with van der Waals surface area (Å²) in [5, 5.41) is 3.54. The van der Waals surface area contributed by atoms with Crippen molar-refractivity contribution in [3.8, 4) is 0 Å². The number of ether oxygens (including phenoxy) is 1. The molecule has 0 amide bonds. The quantitative estimate of drug-likeness (QED) is 0.551. The SMILES string of the molecule is CCCCCCCCCC(NCC)C1=CCCO1. The average Bonchev–Trinajstić information content (AvgIpc) is 2.90. The lowest BCUT2D eigenvalue weighted by molar-refractivity contribution is 0.211. The third-order valence-electron chi connectivity index (χ3n) is 3.62. The highest BCUT2D eigenvalue weighted by atomic mass is 16.5. The highest BCUT2D eigenvalue weighted by molar-refractivity contribution is 5.06. The predicted octanol–water partition coefficient (Wildman–Crippen LogP) is 4.41. The van der Waals surface area contributed by atoms with Crippen LogP contribution in [0.3, 0.4) is 0 Å². The molecule has 0 aromatic rings. The van der Waals surface area contributed by atoms with Gasteiger partial charge in [-0.2, -0.15) is 0 Å². The molecule has 0 saturated heterocycles. The Morgan fingerprint density at radius 3 is 2.44 bits per heavy atom. The topological polar surface area (TPSA) is 21.3 Å². The second-order valence-electron chi connectivity index (χ2n) is 5.26. The van der Waals surface area contributed by atoms with E-state index < -0.39 is 0 Å². The Labute approximate surface area is 113 Å². The van der Waals surface area contributed by atoms with Crippen molar-refractivity contribution in [1.82, 2.24) is 5.32 Å². The predicted molar refractivity (Wildman–Crippen MR) is 78.7 cm³/mol. The van der Waals surface area contributed by atoms with Gasteiger partial charge in [0.1, 0.15) is 5.76 Å². The summed E-state index contributed by atoms with van der Waals surface area (Å²) in [5.41, 5.74) is 0. The molecule has 18 heavy (non-hydrogen) atoms. The highest BCUT2D eigenvalue weighted by Gasteiger charge is 2.16. The first-order valence-electron chi connectivity index (χ1n) is 7.94. The minimum Gasteiger partial charge on any atom is -0.496 e. The van der Waals surface area contributed by atoms with Gasteiger partial charge in [0.15, 0.2) is 0 Å². The van der Waals surface area contributed by atoms with Gasteiger partial charge in [-0.15, -0.1) is 0 Å². The number of hydrogen-bond donors (Lipinski definition) is 1. The molecule has 0 bridgehead atoms. The Hall–Kier alpha value is -0.500. The Morgan fingerprint density at radius 1 is 1.11 bits per heavy atom. The number of hydrogen-bond acceptors (Lipinski definition) is 2. The Bertz CT molecular complexity index is 225. The first kappa shape index (κ1) is 15.6. The van der Waals surface area contributed by atoms with Crippen LogP contribution in [0.1, 0.15) is 71.6 Å². The van der Waals surface area contributed by atoms with Crippen molar-refractivity contribution in [2.24, 2.45) is 0 Å². The van der Waals surface area contributed by atoms with E-state index in [0.29, 0.717) is 6.04 Å². The maximum Gasteiger partial charge on any atom is 0.109 e. The molecule has 1 N–H and O–H groups in total. The molecule has 0 aromatic carbocycles. The molecular weight excluding hydrogens is 222 g/mol. The molecular formula is C16H31NO. The van der Waals surface area contributed by atoms with Crippen molar-refractivity contribution in [2.45, 2.75) is 77.7 Å². The van der Waals surface area contributed by atoms with Gasteiger partial charge in [-0.1, -0.05) is 58.8 Å². The van der Waals surface area contributed by atoms with Gasteiger partial charge in [-0.25, -0.2) is 0 Å². The van der Waals surface area contributed by atoms with Crippen LogP contribution in [0.15, 0.2) is 11.8 Å². The lowest BCUT2D eigenvalue weighted by atomic mass is 10.0. The Kier molecular flexibility index (Phi) is 9.01. The fourth-order valence-electron chi connectivity index (χ4n) is 2.58. The van der Waals surface area contributed by atoms with Crippen LogP contribution in [0.2, 0.25) is 0 Å². The second-order valence-corrected chi connectivity index (χ2v) is 5.26. The van der Waals surface area contributed by atoms with Gasteiger partial charge < -0.3 is 10.1 Å². The van der Waals surface area contributed by atoms with E-state index in [1.54, 1.807) is 0 Å². The zero-order valence-corrected chi connectivity index (χ0v) is 12.3. The van der Waals surface area contributed by atoms with Gasteiger partial charge in [0, 0.05) is 6.42 Å². The molecule has 2 heteroatoms. The molecule has 0 aromatic heterocycles. The summed E-state index contributed by atoms with van der Waals surface area (Å²) in [6.45, 7) is 6.36. The maximum atomic E-state index is 5.68. The first-order valence-corrected chi connectivity index (χ1v) is 7.94. The van der Waals surface area contributed by atoms with Gasteiger partial charge in [0.25, 0.3) is 0 Å². The van der Waals surface area contributed by atoms with Gasteiger partial charge in [-0.3, -0.25) is 0 Å². The molecule has 1 unspecified atom stereocenters. The van der Waals surface area contributed by atoms with Crippen molar-refractivity contribution in [3.05, 3.63) is 11.8 Å². The molecule has 0 radical (unpaired) electrons. The number of nitrogens with one attached hydrogen (secondary N) is 1. The largest absolute Gasteiger partial charge is 0.496 e. The van der Waals surface area contributed by atoms with E-state index in [4.69, 9.17) is 4.74 Å². The van der Waals surface area contributed by atoms with Crippen LogP contribution >= 0.6 is 0 Å². The van der Waals surface area contributed by atoms with Crippen LogP contribution in [0.5, 0.6) is 0 Å². The van der Waals surface area contributed by atoms with E-state index in [1.165, 1.54) is 57.1 Å². The van der Waals surface area contributed by atoms with E-state index in [9.17, 15) is 0 Å². The zero-order valence-electron chi connectivity index (χ0n) is 12.3. The van der Waals surface area contributed by atoms with Crippen LogP contribution in [0, 0.1) is 0 Å². The number of rotatable bonds is 11. The minimum absolute atomic E-state index is 0.466. The fourth-order valence-corrected chi connectivity index (χ4v) is 2.58. The van der Waals surface area contributed by atoms with E-state index in [0.717, 1.165) is 19.6 Å². The summed E-state index contributed by atoms with van der Waals surface area (Å²) in [4.78, 5) is 0. The Morgan fingerprint density at radius 2 is 1.83 bits per heavy atom. The number of unbranched alkanes of at least 4 members (excludes halogenated alkanes) is 6. The van der Waals surface area contributed by atoms with Gasteiger partial charge >= 0.3 is 0 Å². The molecule has 0 fully saturated rings. The summed E-state index contributed by atoms with van der Waals surface area (Å²) in [6, 6.07) is 0.466. The lowest BCUT2D eigenvalue weighted by Crippen LogP contribution is -2.31. The summed E-state index contributed by atoms with van der Waals surface area (Å²) in [5.74, 6) is 1.20. The fraction of sp³-hybridized carbons (Fsp3) is 0.875. The first-order chi connectivity index (χ1) is 8.88. The molecule has 106 valence electrons. The van der Waals surface area contributed by atoms with E-state index in [1.807, 2.05) is 0 Å². The third-order valence-corrected chi connectivity index (χ3v) is 3.62. The van der Waals surface area contributed by atoms with E-state index in [2.05, 4.69) is 25.2 Å². The maximum absolute atomic E-state index is 5.68. The number of likely N-dealkylation sites (N-methyl/N-ethyl adjacent to an activating group) is 1. The van der Waals surface area contributed by atoms with Crippen LogP contribution in [-0.4, -0.2) is 19.2 Å². The van der Waals surface area contributed by atoms with Crippen molar-refractivity contribution >= 4 is 0 Å². The monoisotopic (exact) mass is 253 g/mol. The van der Waals surface area contributed by atoms with Gasteiger partial charge in [0.05, 0.1) is 12.6 Å². The minimum atomic E-state index is 0.466. The standard InChI is InChI=1S/C16H31NO/c1-3-5-6-7-8-9-10-12-15(17-4-2)16-13-11-14-18-16/h13,15,17H,3-12,14H2,1-2H3. The van der Waals surface area contributed by atoms with Crippen molar-refractivity contribution in [1.29, 1.82) is 0 Å². The smallest absolute Gasteiger partial charge is 0.109 e. The van der Waals surface area contributed by atoms with Crippen molar-refractivity contribution < 1.29 is 4.74 Å². The van der Waals surface area contributed by atoms with Crippen LogP contribution in [0.25, 0.3) is 0 Å². The molecule has 1 aliphatic rings. The highest BCUT2D eigenvalue weighted by Crippen LogP contribution is 2.18. The summed E-state index contributed by atoms with van der Waals surface area (Å²) >= 11 is 0. The van der Waals surface area contributed by atoms with Gasteiger partial charge in [-0.05, 0) is 19.0 Å². The summed E-state index contributed by atoms with van der Waals surface area (Å²) in [7, 11) is 0. The third kappa shape index (κ3) is 6.44. The van der Waals surface area contributed by atoms with Crippen molar-refractivity contribution in [3.63, 3.8) is 0 Å². The zero-order chi connectivity index (χ0) is 13.1. The van der Waals surface area contributed by atoms with Crippen LogP contribution in [-0.2, 0) is 4.74 Å². The summed E-state index contributed by atoms with van der Waals surface area (Å²) in [6.07, 6.45) is 14.3. The normalized spacial score (nSPS) is 16.4. The molecule has 0 saturated carbocycles. The molecule has 1 rings (SSSR count). The van der Waals surface area contributed by atoms with Crippen LogP contribution in [0.4, 0.5) is 0 Å². The van der Waals surface area contributed by atoms with E-state index >= 15 is 0 Å². The molecule has 2 nitrogen and oxygen atoms in total. The molecule has 1 aliphatic heterocycles. The van der Waals surface area contributed by atoms with Crippen molar-refractivity contribution in [2.75, 3.05) is 13.2 Å². The molecule has 1 heterocycles. The van der Waals surface area contributed by atoms with Crippen LogP contribution < -0.4 is 5.32 Å². The summed E-state index contributed by atoms with van der Waals surface area (Å²) < 4.78 is 5.68. The molecule has 0 aliphatic carbocycles. The lowest BCUT2D eigenvalue weighted by Gasteiger charge is -2.18. The van der Waals surface area contributed by atoms with E-state index in [-0.39, 0.29) is 0 Å². The average molecular weight is 253 g/mol. The molecule has 1 atom stereocenters. The van der Waals surface area contributed by atoms with Gasteiger partial charge in [0.2, 0.25) is 0 Å². The second kappa shape index (κ2) is 10.4. The molecule has 0 spiro atoms. The Balaban J connectivity index is 2.06.